The Hall–Kier alpha value is 0.310. The van der Waals surface area contributed by atoms with Crippen LogP contribution in [0.5, 0.6) is 0 Å². The maximum absolute atomic E-state index is 5.25. The van der Waals surface area contributed by atoms with Gasteiger partial charge in [-0.2, -0.15) is 11.8 Å². The molecule has 0 aromatic heterocycles. The number of hydrogen-bond donors (Lipinski definition) is 0. The first-order valence-electron chi connectivity index (χ1n) is 7.76. The minimum atomic E-state index is 0.855. The molecule has 2 aliphatic heterocycles. The Bertz CT molecular complexity index is 169. The minimum Gasteiger partial charge on any atom is -0.381 e. The highest BCUT2D eigenvalue weighted by atomic mass is 32.2. The summed E-state index contributed by atoms with van der Waals surface area (Å²) in [6, 6.07) is 0. The zero-order valence-electron chi connectivity index (χ0n) is 12.8. The number of hydrogen-bond acceptors (Lipinski definition) is 2. The van der Waals surface area contributed by atoms with E-state index in [1.165, 1.54) is 37.2 Å². The molecule has 2 heteroatoms. The van der Waals surface area contributed by atoms with Gasteiger partial charge in [-0.15, -0.1) is 0 Å². The lowest BCUT2D eigenvalue weighted by molar-refractivity contribution is 0.0523. The highest BCUT2D eigenvalue weighted by Crippen LogP contribution is 2.28. The number of ether oxygens (including phenoxy) is 1. The monoisotopic (exact) mass is 272 g/mol. The smallest absolute Gasteiger partial charge is 0.0468 e. The summed E-state index contributed by atoms with van der Waals surface area (Å²) in [4.78, 5) is 0. The molecule has 0 unspecified atom stereocenters. The fraction of sp³-hybridized carbons (Fsp3) is 1.00. The van der Waals surface area contributed by atoms with Crippen molar-refractivity contribution in [2.24, 2.45) is 23.7 Å². The van der Waals surface area contributed by atoms with E-state index in [1.54, 1.807) is 0 Å². The van der Waals surface area contributed by atoms with Gasteiger partial charge in [-0.1, -0.05) is 27.7 Å². The average molecular weight is 272 g/mol. The van der Waals surface area contributed by atoms with Gasteiger partial charge in [-0.05, 0) is 60.9 Å². The van der Waals surface area contributed by atoms with E-state index in [4.69, 9.17) is 4.74 Å². The third-order valence-corrected chi connectivity index (χ3v) is 5.47. The van der Waals surface area contributed by atoms with Gasteiger partial charge in [0.2, 0.25) is 0 Å². The third-order valence-electron chi connectivity index (χ3n) is 4.42. The van der Waals surface area contributed by atoms with E-state index in [0.29, 0.717) is 0 Å². The molecule has 2 fully saturated rings. The summed E-state index contributed by atoms with van der Waals surface area (Å²) < 4.78 is 5.25. The molecule has 0 aromatic rings. The summed E-state index contributed by atoms with van der Waals surface area (Å²) in [5, 5.41) is 0. The van der Waals surface area contributed by atoms with Crippen molar-refractivity contribution in [2.45, 2.75) is 53.4 Å². The van der Waals surface area contributed by atoms with Crippen LogP contribution < -0.4 is 0 Å². The van der Waals surface area contributed by atoms with Crippen molar-refractivity contribution in [1.29, 1.82) is 0 Å². The Morgan fingerprint density at radius 2 is 1.22 bits per heavy atom. The second-order valence-corrected chi connectivity index (χ2v) is 7.61. The summed E-state index contributed by atoms with van der Waals surface area (Å²) in [5.74, 6) is 6.55. The first-order valence-corrected chi connectivity index (χ1v) is 8.92. The lowest BCUT2D eigenvalue weighted by Gasteiger charge is -2.24. The van der Waals surface area contributed by atoms with E-state index in [-0.39, 0.29) is 0 Å². The Kier molecular flexibility index (Phi) is 8.41. The quantitative estimate of drug-likeness (QED) is 0.710. The van der Waals surface area contributed by atoms with E-state index in [1.807, 2.05) is 0 Å². The molecule has 0 N–H and O–H groups in total. The van der Waals surface area contributed by atoms with Gasteiger partial charge >= 0.3 is 0 Å². The topological polar surface area (TPSA) is 9.23 Å². The fourth-order valence-corrected chi connectivity index (χ4v) is 3.91. The molecule has 0 saturated carbocycles. The van der Waals surface area contributed by atoms with Crippen LogP contribution in [-0.4, -0.2) is 24.7 Å². The SMILES string of the molecule is CC(C)C1CCOCC1.CC(C)C1CCSCC1. The molecule has 0 spiro atoms. The predicted molar refractivity (Wildman–Crippen MR) is 83.3 cm³/mol. The van der Waals surface area contributed by atoms with E-state index < -0.39 is 0 Å². The number of thioether (sulfide) groups is 1. The lowest BCUT2D eigenvalue weighted by Crippen LogP contribution is -2.19. The van der Waals surface area contributed by atoms with Crippen LogP contribution in [0.2, 0.25) is 0 Å². The molecule has 1 nitrogen and oxygen atoms in total. The molecule has 0 radical (unpaired) electrons. The van der Waals surface area contributed by atoms with Crippen LogP contribution in [0.25, 0.3) is 0 Å². The van der Waals surface area contributed by atoms with Gasteiger partial charge in [-0.3, -0.25) is 0 Å². The van der Waals surface area contributed by atoms with Crippen molar-refractivity contribution in [3.8, 4) is 0 Å². The molecule has 0 aliphatic carbocycles. The average Bonchev–Trinajstić information content (AvgIpc) is 2.41. The molecule has 0 aromatic carbocycles. The molecule has 2 heterocycles. The second kappa shape index (κ2) is 9.25. The van der Waals surface area contributed by atoms with Crippen LogP contribution in [0.4, 0.5) is 0 Å². The predicted octanol–water partition coefficient (Wildman–Crippen LogP) is 4.85. The van der Waals surface area contributed by atoms with Crippen molar-refractivity contribution in [3.63, 3.8) is 0 Å². The van der Waals surface area contributed by atoms with Gasteiger partial charge in [-0.25, -0.2) is 0 Å². The Morgan fingerprint density at radius 3 is 1.56 bits per heavy atom. The van der Waals surface area contributed by atoms with Gasteiger partial charge in [0.1, 0.15) is 0 Å². The molecule has 2 aliphatic rings. The van der Waals surface area contributed by atoms with Gasteiger partial charge in [0, 0.05) is 13.2 Å². The van der Waals surface area contributed by atoms with Crippen molar-refractivity contribution in [3.05, 3.63) is 0 Å². The maximum atomic E-state index is 5.25. The normalized spacial score (nSPS) is 23.0. The largest absolute Gasteiger partial charge is 0.381 e. The summed E-state index contributed by atoms with van der Waals surface area (Å²) in [6.45, 7) is 11.3. The van der Waals surface area contributed by atoms with Crippen LogP contribution in [0, 0.1) is 23.7 Å². The Morgan fingerprint density at radius 1 is 0.778 bits per heavy atom. The molecular weight excluding hydrogens is 240 g/mol. The molecule has 0 atom stereocenters. The van der Waals surface area contributed by atoms with Crippen LogP contribution >= 0.6 is 11.8 Å². The van der Waals surface area contributed by atoms with E-state index in [9.17, 15) is 0 Å². The summed E-state index contributed by atoms with van der Waals surface area (Å²) in [5.41, 5.74) is 0. The molecule has 0 bridgehead atoms. The lowest BCUT2D eigenvalue weighted by atomic mass is 9.89. The van der Waals surface area contributed by atoms with Gasteiger partial charge in [0.25, 0.3) is 0 Å². The van der Waals surface area contributed by atoms with E-state index >= 15 is 0 Å². The van der Waals surface area contributed by atoms with E-state index in [0.717, 1.165) is 36.9 Å². The minimum absolute atomic E-state index is 0.855. The summed E-state index contributed by atoms with van der Waals surface area (Å²) in [7, 11) is 0. The highest BCUT2D eigenvalue weighted by Gasteiger charge is 2.16. The van der Waals surface area contributed by atoms with Crippen LogP contribution in [-0.2, 0) is 4.74 Å². The van der Waals surface area contributed by atoms with E-state index in [2.05, 4.69) is 39.5 Å². The molecule has 18 heavy (non-hydrogen) atoms. The van der Waals surface area contributed by atoms with Gasteiger partial charge in [0.15, 0.2) is 0 Å². The Labute approximate surface area is 118 Å². The van der Waals surface area contributed by atoms with Crippen molar-refractivity contribution in [2.75, 3.05) is 24.7 Å². The third kappa shape index (κ3) is 6.47. The van der Waals surface area contributed by atoms with Crippen LogP contribution in [0.15, 0.2) is 0 Å². The zero-order chi connectivity index (χ0) is 13.4. The van der Waals surface area contributed by atoms with Crippen molar-refractivity contribution in [1.82, 2.24) is 0 Å². The second-order valence-electron chi connectivity index (χ2n) is 6.39. The Balaban J connectivity index is 0.000000180. The fourth-order valence-electron chi connectivity index (χ4n) is 2.76. The molecule has 2 rings (SSSR count). The van der Waals surface area contributed by atoms with Crippen molar-refractivity contribution >= 4 is 11.8 Å². The first kappa shape index (κ1) is 16.4. The van der Waals surface area contributed by atoms with Gasteiger partial charge < -0.3 is 4.74 Å². The number of rotatable bonds is 2. The standard InChI is InChI=1S/C8H16O.C8H16S/c2*1-7(2)8-3-5-9-6-4-8/h2*7-8H,3-6H2,1-2H3. The molecular formula is C16H32OS. The molecule has 108 valence electrons. The molecule has 2 saturated heterocycles. The maximum Gasteiger partial charge on any atom is 0.0468 e. The zero-order valence-corrected chi connectivity index (χ0v) is 13.6. The van der Waals surface area contributed by atoms with Gasteiger partial charge in [0.05, 0.1) is 0 Å². The summed E-state index contributed by atoms with van der Waals surface area (Å²) >= 11 is 2.12. The van der Waals surface area contributed by atoms with Crippen LogP contribution in [0.3, 0.4) is 0 Å². The molecule has 0 amide bonds. The highest BCUT2D eigenvalue weighted by molar-refractivity contribution is 7.99. The van der Waals surface area contributed by atoms with Crippen LogP contribution in [0.1, 0.15) is 53.4 Å². The first-order chi connectivity index (χ1) is 8.61. The summed E-state index contributed by atoms with van der Waals surface area (Å²) in [6.07, 6.45) is 5.47. The van der Waals surface area contributed by atoms with Crippen molar-refractivity contribution < 1.29 is 4.74 Å².